The highest BCUT2D eigenvalue weighted by molar-refractivity contribution is 6.31. The van der Waals surface area contributed by atoms with Gasteiger partial charge in [0.1, 0.15) is 5.82 Å². The van der Waals surface area contributed by atoms with Gasteiger partial charge in [0.2, 0.25) is 5.91 Å². The summed E-state index contributed by atoms with van der Waals surface area (Å²) in [6.45, 7) is 2.10. The molecule has 0 spiro atoms. The maximum absolute atomic E-state index is 13.8. The van der Waals surface area contributed by atoms with Crippen LogP contribution in [0.5, 0.6) is 0 Å². The Kier molecular flexibility index (Phi) is 4.28. The molecule has 0 aromatic heterocycles. The zero-order valence-corrected chi connectivity index (χ0v) is 11.9. The first-order chi connectivity index (χ1) is 9.40. The van der Waals surface area contributed by atoms with Gasteiger partial charge in [0, 0.05) is 17.6 Å². The van der Waals surface area contributed by atoms with E-state index in [1.807, 2.05) is 6.92 Å². The summed E-state index contributed by atoms with van der Waals surface area (Å²) in [6.07, 6.45) is 1.32. The zero-order valence-electron chi connectivity index (χ0n) is 11.1. The number of carbonyl (C=O) groups excluding carboxylic acids is 2. The number of likely N-dealkylation sites (tertiary alicyclic amines) is 1. The van der Waals surface area contributed by atoms with Gasteiger partial charge in [0.25, 0.3) is 5.91 Å². The van der Waals surface area contributed by atoms with Crippen molar-refractivity contribution >= 4 is 23.4 Å². The molecule has 1 heterocycles. The van der Waals surface area contributed by atoms with Crippen LogP contribution in [-0.2, 0) is 4.79 Å². The number of hydrogen-bond donors (Lipinski definition) is 1. The molecule has 1 aromatic carbocycles. The molecule has 1 fully saturated rings. The molecule has 1 aromatic rings. The Morgan fingerprint density at radius 3 is 2.75 bits per heavy atom. The van der Waals surface area contributed by atoms with E-state index in [1.165, 1.54) is 17.0 Å². The lowest BCUT2D eigenvalue weighted by Gasteiger charge is -2.37. The molecule has 0 radical (unpaired) electrons. The SMILES string of the molecule is CC1CCC(C(N)=O)CN1C(=O)c1cc(Cl)ccc1F. The molecule has 4 nitrogen and oxygen atoms in total. The molecule has 2 rings (SSSR count). The Labute approximate surface area is 121 Å². The highest BCUT2D eigenvalue weighted by Gasteiger charge is 2.33. The van der Waals surface area contributed by atoms with Crippen LogP contribution in [0.3, 0.4) is 0 Å². The molecule has 1 aliphatic rings. The van der Waals surface area contributed by atoms with E-state index < -0.39 is 17.6 Å². The van der Waals surface area contributed by atoms with Crippen LogP contribution in [0, 0.1) is 11.7 Å². The van der Waals surface area contributed by atoms with Gasteiger partial charge in [-0.15, -0.1) is 0 Å². The smallest absolute Gasteiger partial charge is 0.257 e. The number of nitrogens with two attached hydrogens (primary N) is 1. The number of primary amides is 1. The first kappa shape index (κ1) is 14.8. The molecular formula is C14H16ClFN2O2. The topological polar surface area (TPSA) is 63.4 Å². The molecule has 2 atom stereocenters. The monoisotopic (exact) mass is 298 g/mol. The molecule has 2 N–H and O–H groups in total. The third-order valence-corrected chi connectivity index (χ3v) is 3.94. The highest BCUT2D eigenvalue weighted by atomic mass is 35.5. The van der Waals surface area contributed by atoms with Gasteiger partial charge >= 0.3 is 0 Å². The Morgan fingerprint density at radius 2 is 2.10 bits per heavy atom. The summed E-state index contributed by atoms with van der Waals surface area (Å²) < 4.78 is 13.8. The normalized spacial score (nSPS) is 22.6. The van der Waals surface area contributed by atoms with Crippen molar-refractivity contribution in [1.82, 2.24) is 4.90 Å². The molecule has 0 saturated carbocycles. The van der Waals surface area contributed by atoms with Gasteiger partial charge in [-0.05, 0) is 38.0 Å². The third kappa shape index (κ3) is 2.93. The molecule has 20 heavy (non-hydrogen) atoms. The van der Waals surface area contributed by atoms with Crippen LogP contribution < -0.4 is 5.73 Å². The second-order valence-electron chi connectivity index (χ2n) is 5.11. The highest BCUT2D eigenvalue weighted by Crippen LogP contribution is 2.25. The van der Waals surface area contributed by atoms with Gasteiger partial charge in [-0.25, -0.2) is 4.39 Å². The molecule has 1 saturated heterocycles. The van der Waals surface area contributed by atoms with Gasteiger partial charge in [-0.1, -0.05) is 11.6 Å². The second kappa shape index (κ2) is 5.79. The standard InChI is InChI=1S/C14H16ClFN2O2/c1-8-2-3-9(13(17)19)7-18(8)14(20)11-6-10(15)4-5-12(11)16/h4-6,8-9H,2-3,7H2,1H3,(H2,17,19). The van der Waals surface area contributed by atoms with Crippen LogP contribution in [0.2, 0.25) is 5.02 Å². The summed E-state index contributed by atoms with van der Waals surface area (Å²) in [5, 5.41) is 0.297. The lowest BCUT2D eigenvalue weighted by molar-refractivity contribution is -0.123. The van der Waals surface area contributed by atoms with E-state index in [1.54, 1.807) is 0 Å². The van der Waals surface area contributed by atoms with Crippen LogP contribution in [0.25, 0.3) is 0 Å². The fourth-order valence-corrected chi connectivity index (χ4v) is 2.61. The van der Waals surface area contributed by atoms with Crippen LogP contribution in [0.1, 0.15) is 30.1 Å². The number of nitrogens with zero attached hydrogens (tertiary/aromatic N) is 1. The molecule has 6 heteroatoms. The average Bonchev–Trinajstić information content (AvgIpc) is 2.41. The predicted molar refractivity (Wildman–Crippen MR) is 73.8 cm³/mol. The van der Waals surface area contributed by atoms with E-state index in [-0.39, 0.29) is 24.1 Å². The molecule has 1 aliphatic heterocycles. The maximum Gasteiger partial charge on any atom is 0.257 e. The lowest BCUT2D eigenvalue weighted by Crippen LogP contribution is -2.48. The van der Waals surface area contributed by atoms with E-state index in [4.69, 9.17) is 17.3 Å². The maximum atomic E-state index is 13.8. The molecule has 2 amide bonds. The van der Waals surface area contributed by atoms with Crippen molar-refractivity contribution in [3.05, 3.63) is 34.6 Å². The van der Waals surface area contributed by atoms with Crippen molar-refractivity contribution < 1.29 is 14.0 Å². The summed E-state index contributed by atoms with van der Waals surface area (Å²) in [7, 11) is 0. The van der Waals surface area contributed by atoms with Crippen molar-refractivity contribution in [2.24, 2.45) is 11.7 Å². The summed E-state index contributed by atoms with van der Waals surface area (Å²) in [4.78, 5) is 25.2. The van der Waals surface area contributed by atoms with Gasteiger partial charge < -0.3 is 10.6 Å². The number of piperidine rings is 1. The summed E-state index contributed by atoms with van der Waals surface area (Å²) in [5.74, 6) is -1.88. The van der Waals surface area contributed by atoms with Gasteiger partial charge in [-0.3, -0.25) is 9.59 Å². The van der Waals surface area contributed by atoms with Crippen molar-refractivity contribution in [3.8, 4) is 0 Å². The summed E-state index contributed by atoms with van der Waals surface area (Å²) in [6, 6.07) is 3.80. The largest absolute Gasteiger partial charge is 0.369 e. The number of rotatable bonds is 2. The van der Waals surface area contributed by atoms with E-state index in [0.29, 0.717) is 17.9 Å². The molecule has 0 aliphatic carbocycles. The van der Waals surface area contributed by atoms with Crippen molar-refractivity contribution in [2.45, 2.75) is 25.8 Å². The van der Waals surface area contributed by atoms with Gasteiger partial charge in [0.15, 0.2) is 0 Å². The van der Waals surface area contributed by atoms with Crippen LogP contribution in [-0.4, -0.2) is 29.3 Å². The third-order valence-electron chi connectivity index (χ3n) is 3.70. The minimum atomic E-state index is -0.618. The Balaban J connectivity index is 2.26. The van der Waals surface area contributed by atoms with E-state index >= 15 is 0 Å². The number of amides is 2. The Morgan fingerprint density at radius 1 is 1.40 bits per heavy atom. The lowest BCUT2D eigenvalue weighted by atomic mass is 9.92. The van der Waals surface area contributed by atoms with E-state index in [9.17, 15) is 14.0 Å². The molecule has 108 valence electrons. The summed E-state index contributed by atoms with van der Waals surface area (Å²) in [5.41, 5.74) is 5.22. The van der Waals surface area contributed by atoms with Crippen LogP contribution >= 0.6 is 11.6 Å². The van der Waals surface area contributed by atoms with E-state index in [2.05, 4.69) is 0 Å². The quantitative estimate of drug-likeness (QED) is 0.910. The fraction of sp³-hybridized carbons (Fsp3) is 0.429. The molecule has 0 bridgehead atoms. The second-order valence-corrected chi connectivity index (χ2v) is 5.54. The number of halogens is 2. The minimum absolute atomic E-state index is 0.0588. The molecular weight excluding hydrogens is 283 g/mol. The first-order valence-electron chi connectivity index (χ1n) is 6.45. The number of hydrogen-bond acceptors (Lipinski definition) is 2. The number of carbonyl (C=O) groups is 2. The predicted octanol–water partition coefficient (Wildman–Crippen LogP) is 2.21. The van der Waals surface area contributed by atoms with Crippen LogP contribution in [0.4, 0.5) is 4.39 Å². The minimum Gasteiger partial charge on any atom is -0.369 e. The summed E-state index contributed by atoms with van der Waals surface area (Å²) >= 11 is 5.80. The van der Waals surface area contributed by atoms with Crippen molar-refractivity contribution in [1.29, 1.82) is 0 Å². The number of benzene rings is 1. The van der Waals surface area contributed by atoms with Crippen molar-refractivity contribution in [3.63, 3.8) is 0 Å². The van der Waals surface area contributed by atoms with Gasteiger partial charge in [-0.2, -0.15) is 0 Å². The first-order valence-corrected chi connectivity index (χ1v) is 6.83. The Hall–Kier alpha value is -1.62. The van der Waals surface area contributed by atoms with Crippen LogP contribution in [0.15, 0.2) is 18.2 Å². The fourth-order valence-electron chi connectivity index (χ4n) is 2.44. The zero-order chi connectivity index (χ0) is 14.9. The molecule has 2 unspecified atom stereocenters. The van der Waals surface area contributed by atoms with Crippen molar-refractivity contribution in [2.75, 3.05) is 6.54 Å². The van der Waals surface area contributed by atoms with E-state index in [0.717, 1.165) is 6.07 Å². The Bertz CT molecular complexity index is 550. The average molecular weight is 299 g/mol. The van der Waals surface area contributed by atoms with Gasteiger partial charge in [0.05, 0.1) is 11.5 Å².